The number of benzene rings is 1. The average molecular weight is 503 g/mol. The van der Waals surface area contributed by atoms with Crippen molar-refractivity contribution in [1.29, 1.82) is 0 Å². The standard InChI is InChI=1S/C25H23ClN8O2/c1-3-15-9-16(24(35)33-6-4-7-33)11-17(10-15)30-25-31-23-22(32(25)2)21(26)20(13-28-23)36-19-14-29-34-8-5-27-12-18(19)34/h5,8-14H,3-4,6-7H2,1-2H3,(H,28,30,31). The van der Waals surface area contributed by atoms with Crippen molar-refractivity contribution in [3.63, 3.8) is 0 Å². The van der Waals surface area contributed by atoms with Gasteiger partial charge in [-0.15, -0.1) is 0 Å². The fraction of sp³-hybridized carbons (Fsp3) is 0.240. The number of imidazole rings is 1. The molecule has 36 heavy (non-hydrogen) atoms. The van der Waals surface area contributed by atoms with Gasteiger partial charge in [0.15, 0.2) is 17.1 Å². The van der Waals surface area contributed by atoms with Gasteiger partial charge in [-0.1, -0.05) is 18.5 Å². The Labute approximate surface area is 211 Å². The lowest BCUT2D eigenvalue weighted by Crippen LogP contribution is -2.42. The summed E-state index contributed by atoms with van der Waals surface area (Å²) in [5.41, 5.74) is 4.32. The molecular weight excluding hydrogens is 480 g/mol. The molecule has 1 aromatic carbocycles. The Hall–Kier alpha value is -4.18. The summed E-state index contributed by atoms with van der Waals surface area (Å²) in [6.45, 7) is 3.68. The molecule has 6 rings (SSSR count). The molecule has 5 heterocycles. The first-order valence-corrected chi connectivity index (χ1v) is 12.1. The summed E-state index contributed by atoms with van der Waals surface area (Å²) in [5.74, 6) is 1.50. The predicted molar refractivity (Wildman–Crippen MR) is 136 cm³/mol. The third kappa shape index (κ3) is 3.79. The van der Waals surface area contributed by atoms with Crippen LogP contribution in [0.3, 0.4) is 0 Å². The van der Waals surface area contributed by atoms with Gasteiger partial charge in [0.2, 0.25) is 5.95 Å². The number of likely N-dealkylation sites (tertiary alicyclic amines) is 1. The van der Waals surface area contributed by atoms with E-state index in [1.165, 1.54) is 0 Å². The fourth-order valence-electron chi connectivity index (χ4n) is 4.23. The van der Waals surface area contributed by atoms with Crippen LogP contribution in [0.25, 0.3) is 16.7 Å². The van der Waals surface area contributed by atoms with Crippen molar-refractivity contribution in [3.8, 4) is 11.5 Å². The highest BCUT2D eigenvalue weighted by molar-refractivity contribution is 6.36. The number of carbonyl (C=O) groups is 1. The molecule has 1 amide bonds. The van der Waals surface area contributed by atoms with Crippen molar-refractivity contribution in [2.45, 2.75) is 19.8 Å². The van der Waals surface area contributed by atoms with Crippen molar-refractivity contribution in [3.05, 3.63) is 65.3 Å². The second kappa shape index (κ2) is 8.80. The lowest BCUT2D eigenvalue weighted by Gasteiger charge is -2.31. The highest BCUT2D eigenvalue weighted by Gasteiger charge is 2.23. The minimum atomic E-state index is 0.0546. The smallest absolute Gasteiger partial charge is 0.253 e. The Morgan fingerprint density at radius 2 is 2.03 bits per heavy atom. The third-order valence-corrected chi connectivity index (χ3v) is 6.73. The van der Waals surface area contributed by atoms with Gasteiger partial charge in [0.1, 0.15) is 16.1 Å². The van der Waals surface area contributed by atoms with E-state index in [9.17, 15) is 4.79 Å². The van der Waals surface area contributed by atoms with Crippen LogP contribution in [0.5, 0.6) is 11.5 Å². The maximum Gasteiger partial charge on any atom is 0.253 e. The maximum atomic E-state index is 12.8. The molecule has 0 aliphatic carbocycles. The van der Waals surface area contributed by atoms with Gasteiger partial charge in [-0.05, 0) is 36.6 Å². The molecule has 1 saturated heterocycles. The number of nitrogens with zero attached hydrogens (tertiary/aromatic N) is 7. The van der Waals surface area contributed by atoms with Crippen molar-refractivity contribution < 1.29 is 9.53 Å². The van der Waals surface area contributed by atoms with Crippen LogP contribution in [0.4, 0.5) is 11.6 Å². The summed E-state index contributed by atoms with van der Waals surface area (Å²) in [6.07, 6.45) is 10.1. The average Bonchev–Trinajstić information content (AvgIpc) is 3.40. The molecule has 11 heteroatoms. The molecule has 0 radical (unpaired) electrons. The van der Waals surface area contributed by atoms with E-state index < -0.39 is 0 Å². The molecule has 0 unspecified atom stereocenters. The van der Waals surface area contributed by atoms with Crippen LogP contribution in [0, 0.1) is 0 Å². The molecule has 0 spiro atoms. The first-order chi connectivity index (χ1) is 17.5. The van der Waals surface area contributed by atoms with E-state index >= 15 is 0 Å². The van der Waals surface area contributed by atoms with Crippen LogP contribution in [0.2, 0.25) is 5.02 Å². The topological polar surface area (TPSA) is 102 Å². The Morgan fingerprint density at radius 1 is 1.17 bits per heavy atom. The van der Waals surface area contributed by atoms with Crippen molar-refractivity contribution >= 4 is 45.8 Å². The monoisotopic (exact) mass is 502 g/mol. The fourth-order valence-corrected chi connectivity index (χ4v) is 4.53. The van der Waals surface area contributed by atoms with Crippen molar-refractivity contribution in [2.24, 2.45) is 7.05 Å². The zero-order valence-corrected chi connectivity index (χ0v) is 20.5. The van der Waals surface area contributed by atoms with Gasteiger partial charge in [-0.3, -0.25) is 9.78 Å². The van der Waals surface area contributed by atoms with E-state index in [-0.39, 0.29) is 5.91 Å². The van der Waals surface area contributed by atoms with Gasteiger partial charge in [0.25, 0.3) is 5.91 Å². The third-order valence-electron chi connectivity index (χ3n) is 6.36. The Kier molecular flexibility index (Phi) is 5.45. The number of aromatic nitrogens is 6. The highest BCUT2D eigenvalue weighted by Crippen LogP contribution is 2.36. The number of halogens is 1. The number of ether oxygens (including phenoxy) is 1. The molecule has 4 aromatic heterocycles. The molecule has 0 bridgehead atoms. The van der Waals surface area contributed by atoms with E-state index in [1.54, 1.807) is 35.5 Å². The number of aryl methyl sites for hydroxylation is 2. The van der Waals surface area contributed by atoms with Crippen LogP contribution in [0.15, 0.2) is 49.2 Å². The molecule has 10 nitrogen and oxygen atoms in total. The van der Waals surface area contributed by atoms with Gasteiger partial charge in [-0.25, -0.2) is 9.50 Å². The second-order valence-electron chi connectivity index (χ2n) is 8.66. The summed E-state index contributed by atoms with van der Waals surface area (Å²) < 4.78 is 9.53. The zero-order valence-electron chi connectivity index (χ0n) is 19.8. The van der Waals surface area contributed by atoms with E-state index in [0.29, 0.717) is 44.7 Å². The van der Waals surface area contributed by atoms with Gasteiger partial charge in [0.05, 0.1) is 18.6 Å². The minimum absolute atomic E-state index is 0.0546. The zero-order chi connectivity index (χ0) is 24.8. The lowest BCUT2D eigenvalue weighted by atomic mass is 10.0. The summed E-state index contributed by atoms with van der Waals surface area (Å²) in [5, 5.41) is 7.98. The number of pyridine rings is 1. The number of carbonyl (C=O) groups excluding carboxylic acids is 1. The van der Waals surface area contributed by atoms with Gasteiger partial charge >= 0.3 is 0 Å². The molecule has 0 atom stereocenters. The van der Waals surface area contributed by atoms with E-state index in [1.807, 2.05) is 34.7 Å². The number of nitrogens with one attached hydrogen (secondary N) is 1. The normalized spacial score (nSPS) is 13.2. The molecule has 0 saturated carbocycles. The van der Waals surface area contributed by atoms with E-state index in [0.717, 1.165) is 37.2 Å². The first kappa shape index (κ1) is 22.3. The molecule has 5 aromatic rings. The number of amides is 1. The van der Waals surface area contributed by atoms with Gasteiger partial charge in [0, 0.05) is 43.8 Å². The quantitative estimate of drug-likeness (QED) is 0.361. The molecule has 182 valence electrons. The Balaban J connectivity index is 1.33. The number of hydrogen-bond acceptors (Lipinski definition) is 7. The lowest BCUT2D eigenvalue weighted by molar-refractivity contribution is 0.0652. The largest absolute Gasteiger partial charge is 0.450 e. The molecule has 1 fully saturated rings. The summed E-state index contributed by atoms with van der Waals surface area (Å²) in [7, 11) is 1.85. The van der Waals surface area contributed by atoms with Gasteiger partial charge in [-0.2, -0.15) is 10.1 Å². The van der Waals surface area contributed by atoms with Crippen LogP contribution in [-0.2, 0) is 13.5 Å². The summed E-state index contributed by atoms with van der Waals surface area (Å²) >= 11 is 6.76. The Morgan fingerprint density at radius 3 is 2.81 bits per heavy atom. The maximum absolute atomic E-state index is 12.8. The van der Waals surface area contributed by atoms with Crippen LogP contribution in [-0.4, -0.2) is 53.0 Å². The SMILES string of the molecule is CCc1cc(Nc2nc3ncc(Oc4cnn5ccncc45)c(Cl)c3n2C)cc(C(=O)N2CCC2)c1. The molecule has 1 N–H and O–H groups in total. The van der Waals surface area contributed by atoms with Crippen LogP contribution < -0.4 is 10.1 Å². The second-order valence-corrected chi connectivity index (χ2v) is 9.04. The number of anilines is 2. The van der Waals surface area contributed by atoms with E-state index in [2.05, 4.69) is 32.3 Å². The molecular formula is C25H23ClN8O2. The Bertz CT molecular complexity index is 1620. The number of hydrogen-bond donors (Lipinski definition) is 1. The van der Waals surface area contributed by atoms with E-state index in [4.69, 9.17) is 16.3 Å². The number of fused-ring (bicyclic) bond motifs is 2. The summed E-state index contributed by atoms with van der Waals surface area (Å²) in [6, 6.07) is 5.84. The van der Waals surface area contributed by atoms with Gasteiger partial charge < -0.3 is 19.5 Å². The molecule has 1 aliphatic rings. The first-order valence-electron chi connectivity index (χ1n) is 11.7. The molecule has 1 aliphatic heterocycles. The van der Waals surface area contributed by atoms with Crippen LogP contribution >= 0.6 is 11.6 Å². The predicted octanol–water partition coefficient (Wildman–Crippen LogP) is 4.61. The summed E-state index contributed by atoms with van der Waals surface area (Å²) in [4.78, 5) is 27.9. The number of rotatable bonds is 6. The van der Waals surface area contributed by atoms with Crippen LogP contribution in [0.1, 0.15) is 29.3 Å². The van der Waals surface area contributed by atoms with Crippen molar-refractivity contribution in [2.75, 3.05) is 18.4 Å². The van der Waals surface area contributed by atoms with Crippen molar-refractivity contribution in [1.82, 2.24) is 34.0 Å². The highest BCUT2D eigenvalue weighted by atomic mass is 35.5. The minimum Gasteiger partial charge on any atom is -0.450 e.